The molecule has 6 nitrogen and oxygen atoms in total. The Bertz CT molecular complexity index is 940. The molecular weight excluding hydrogens is 373 g/mol. The molecule has 1 aromatic heterocycles. The van der Waals surface area contributed by atoms with Gasteiger partial charge in [-0.05, 0) is 45.4 Å². The number of nitrogens with one attached hydrogen (secondary N) is 2. The summed E-state index contributed by atoms with van der Waals surface area (Å²) in [6.07, 6.45) is -3.20. The first kappa shape index (κ1) is 20.1. The van der Waals surface area contributed by atoms with Gasteiger partial charge in [0, 0.05) is 23.8 Å². The van der Waals surface area contributed by atoms with Crippen LogP contribution in [0.5, 0.6) is 0 Å². The molecule has 0 aliphatic carbocycles. The van der Waals surface area contributed by atoms with Crippen molar-refractivity contribution in [2.75, 3.05) is 6.54 Å². The van der Waals surface area contributed by atoms with Crippen LogP contribution in [0.2, 0.25) is 0 Å². The van der Waals surface area contributed by atoms with Crippen molar-refractivity contribution in [1.82, 2.24) is 20.4 Å². The summed E-state index contributed by atoms with van der Waals surface area (Å²) >= 11 is 0. The predicted molar refractivity (Wildman–Crippen MR) is 97.5 cm³/mol. The Morgan fingerprint density at radius 3 is 2.71 bits per heavy atom. The number of hydrogen-bond donors (Lipinski definition) is 2. The summed E-state index contributed by atoms with van der Waals surface area (Å²) in [6.45, 7) is 4.19. The van der Waals surface area contributed by atoms with Gasteiger partial charge < -0.3 is 10.6 Å². The van der Waals surface area contributed by atoms with Crippen molar-refractivity contribution in [3.63, 3.8) is 0 Å². The number of benzene rings is 1. The fraction of sp³-hybridized carbons (Fsp3) is 0.421. The van der Waals surface area contributed by atoms with Gasteiger partial charge in [-0.15, -0.1) is 0 Å². The van der Waals surface area contributed by atoms with E-state index in [2.05, 4.69) is 15.7 Å². The quantitative estimate of drug-likeness (QED) is 0.839. The third-order valence-electron chi connectivity index (χ3n) is 4.72. The fourth-order valence-electron chi connectivity index (χ4n) is 3.36. The largest absolute Gasteiger partial charge is 0.418 e. The second-order valence-corrected chi connectivity index (χ2v) is 6.98. The minimum Gasteiger partial charge on any atom is -0.348 e. The number of para-hydroxylation sites is 1. The SMILES string of the molecule is Cc1cc(=O)c(C(=O)NC2CCNC(C)C2)nn1-c1ccccc1C(F)(F)F. The average molecular weight is 394 g/mol. The first-order chi connectivity index (χ1) is 13.2. The number of carbonyl (C=O) groups is 1. The van der Waals surface area contributed by atoms with Gasteiger partial charge in [0.15, 0.2) is 5.69 Å². The van der Waals surface area contributed by atoms with E-state index < -0.39 is 28.8 Å². The first-order valence-corrected chi connectivity index (χ1v) is 8.98. The van der Waals surface area contributed by atoms with Gasteiger partial charge in [-0.3, -0.25) is 9.59 Å². The molecule has 1 aliphatic heterocycles. The Labute approximate surface area is 159 Å². The van der Waals surface area contributed by atoms with Gasteiger partial charge in [-0.1, -0.05) is 12.1 Å². The lowest BCUT2D eigenvalue weighted by Gasteiger charge is -2.28. The van der Waals surface area contributed by atoms with Gasteiger partial charge in [0.1, 0.15) is 0 Å². The summed E-state index contributed by atoms with van der Waals surface area (Å²) in [5.41, 5.74) is -1.98. The van der Waals surface area contributed by atoms with Crippen LogP contribution in [0.1, 0.15) is 41.5 Å². The Balaban J connectivity index is 1.98. The summed E-state index contributed by atoms with van der Waals surface area (Å²) in [7, 11) is 0. The number of rotatable bonds is 3. The Morgan fingerprint density at radius 1 is 1.32 bits per heavy atom. The highest BCUT2D eigenvalue weighted by molar-refractivity contribution is 5.92. The zero-order chi connectivity index (χ0) is 20.5. The molecule has 1 aliphatic rings. The van der Waals surface area contributed by atoms with E-state index in [1.165, 1.54) is 25.1 Å². The lowest BCUT2D eigenvalue weighted by atomic mass is 10.0. The number of carbonyl (C=O) groups excluding carboxylic acids is 1. The monoisotopic (exact) mass is 394 g/mol. The number of aryl methyl sites for hydroxylation is 1. The van der Waals surface area contributed by atoms with E-state index >= 15 is 0 Å². The molecule has 2 unspecified atom stereocenters. The van der Waals surface area contributed by atoms with Crippen LogP contribution < -0.4 is 16.1 Å². The maximum Gasteiger partial charge on any atom is 0.418 e. The van der Waals surface area contributed by atoms with E-state index in [0.29, 0.717) is 12.8 Å². The Hall–Kier alpha value is -2.68. The molecule has 150 valence electrons. The van der Waals surface area contributed by atoms with Crippen molar-refractivity contribution < 1.29 is 18.0 Å². The number of aromatic nitrogens is 2. The van der Waals surface area contributed by atoms with Crippen LogP contribution in [0.4, 0.5) is 13.2 Å². The highest BCUT2D eigenvalue weighted by Crippen LogP contribution is 2.33. The summed E-state index contributed by atoms with van der Waals surface area (Å²) in [6, 6.07) is 6.13. The highest BCUT2D eigenvalue weighted by Gasteiger charge is 2.34. The molecule has 3 rings (SSSR count). The van der Waals surface area contributed by atoms with Crippen molar-refractivity contribution in [2.24, 2.45) is 0 Å². The fourth-order valence-corrected chi connectivity index (χ4v) is 3.36. The van der Waals surface area contributed by atoms with Gasteiger partial charge in [0.2, 0.25) is 5.43 Å². The number of hydrogen-bond acceptors (Lipinski definition) is 4. The van der Waals surface area contributed by atoms with E-state index in [1.54, 1.807) is 0 Å². The molecule has 0 saturated carbocycles. The third kappa shape index (κ3) is 4.24. The zero-order valence-electron chi connectivity index (χ0n) is 15.5. The van der Waals surface area contributed by atoms with Crippen LogP contribution in [0.3, 0.4) is 0 Å². The first-order valence-electron chi connectivity index (χ1n) is 8.98. The second kappa shape index (κ2) is 7.75. The summed E-state index contributed by atoms with van der Waals surface area (Å²) in [4.78, 5) is 24.9. The second-order valence-electron chi connectivity index (χ2n) is 6.98. The van der Waals surface area contributed by atoms with E-state index in [-0.39, 0.29) is 23.5 Å². The summed E-state index contributed by atoms with van der Waals surface area (Å²) in [5, 5.41) is 10.0. The van der Waals surface area contributed by atoms with Crippen LogP contribution in [-0.4, -0.2) is 34.3 Å². The standard InChI is InChI=1S/C19H21F3N4O2/c1-11-9-13(7-8-23-11)24-18(28)17-16(27)10-12(2)26(25-17)15-6-4-3-5-14(15)19(20,21)22/h3-6,10-11,13,23H,7-9H2,1-2H3,(H,24,28). The van der Waals surface area contributed by atoms with Crippen LogP contribution in [0.25, 0.3) is 5.69 Å². The highest BCUT2D eigenvalue weighted by atomic mass is 19.4. The van der Waals surface area contributed by atoms with Crippen LogP contribution in [0.15, 0.2) is 35.1 Å². The molecule has 1 aromatic carbocycles. The molecular formula is C19H21F3N4O2. The summed E-state index contributed by atoms with van der Waals surface area (Å²) in [5.74, 6) is -0.678. The van der Waals surface area contributed by atoms with E-state index in [0.717, 1.165) is 23.4 Å². The minimum absolute atomic E-state index is 0.123. The molecule has 1 fully saturated rings. The summed E-state index contributed by atoms with van der Waals surface area (Å²) < 4.78 is 41.1. The van der Waals surface area contributed by atoms with Gasteiger partial charge in [0.25, 0.3) is 5.91 Å². The molecule has 1 saturated heterocycles. The zero-order valence-corrected chi connectivity index (χ0v) is 15.5. The molecule has 2 N–H and O–H groups in total. The molecule has 28 heavy (non-hydrogen) atoms. The van der Waals surface area contributed by atoms with E-state index in [4.69, 9.17) is 0 Å². The van der Waals surface area contributed by atoms with Crippen molar-refractivity contribution in [3.05, 3.63) is 57.5 Å². The molecule has 2 heterocycles. The van der Waals surface area contributed by atoms with Gasteiger partial charge in [-0.2, -0.15) is 18.3 Å². The maximum atomic E-state index is 13.4. The normalized spacial score (nSPS) is 20.0. The third-order valence-corrected chi connectivity index (χ3v) is 4.72. The predicted octanol–water partition coefficient (Wildman–Crippen LogP) is 2.43. The molecule has 0 bridgehead atoms. The molecule has 0 radical (unpaired) electrons. The number of nitrogens with zero attached hydrogens (tertiary/aromatic N) is 2. The van der Waals surface area contributed by atoms with Crippen LogP contribution >= 0.6 is 0 Å². The van der Waals surface area contributed by atoms with Crippen LogP contribution in [0, 0.1) is 6.92 Å². The molecule has 9 heteroatoms. The van der Waals surface area contributed by atoms with Crippen molar-refractivity contribution >= 4 is 5.91 Å². The smallest absolute Gasteiger partial charge is 0.348 e. The average Bonchev–Trinajstić information content (AvgIpc) is 2.61. The van der Waals surface area contributed by atoms with Crippen molar-refractivity contribution in [3.8, 4) is 5.69 Å². The minimum atomic E-state index is -4.60. The van der Waals surface area contributed by atoms with Gasteiger partial charge in [0.05, 0.1) is 11.3 Å². The lowest BCUT2D eigenvalue weighted by molar-refractivity contribution is -0.137. The lowest BCUT2D eigenvalue weighted by Crippen LogP contribution is -2.47. The number of piperidine rings is 1. The molecule has 1 amide bonds. The number of alkyl halides is 3. The molecule has 0 spiro atoms. The van der Waals surface area contributed by atoms with E-state index in [1.807, 2.05) is 6.92 Å². The Morgan fingerprint density at radius 2 is 2.04 bits per heavy atom. The van der Waals surface area contributed by atoms with E-state index in [9.17, 15) is 22.8 Å². The molecule has 2 aromatic rings. The maximum absolute atomic E-state index is 13.4. The van der Waals surface area contributed by atoms with Crippen molar-refractivity contribution in [2.45, 2.75) is 44.9 Å². The van der Waals surface area contributed by atoms with Crippen molar-refractivity contribution in [1.29, 1.82) is 0 Å². The molecule has 2 atom stereocenters. The van der Waals surface area contributed by atoms with Gasteiger partial charge in [-0.25, -0.2) is 4.68 Å². The van der Waals surface area contributed by atoms with Gasteiger partial charge >= 0.3 is 6.18 Å². The Kier molecular flexibility index (Phi) is 5.55. The topological polar surface area (TPSA) is 76.0 Å². The number of amides is 1. The number of halogens is 3. The van der Waals surface area contributed by atoms with Crippen LogP contribution in [-0.2, 0) is 6.18 Å².